The molecule has 1 aromatic heterocycles. The van der Waals surface area contributed by atoms with Gasteiger partial charge >= 0.3 is 0 Å². The second kappa shape index (κ2) is 4.97. The van der Waals surface area contributed by atoms with E-state index < -0.39 is 4.92 Å². The number of nitro groups is 1. The Labute approximate surface area is 104 Å². The lowest BCUT2D eigenvalue weighted by Crippen LogP contribution is -2.04. The van der Waals surface area contributed by atoms with Gasteiger partial charge in [0.05, 0.1) is 10.6 Å². The molecule has 2 aromatic rings. The molecule has 18 heavy (non-hydrogen) atoms. The van der Waals surface area contributed by atoms with E-state index >= 15 is 0 Å². The lowest BCUT2D eigenvalue weighted by Gasteiger charge is -1.99. The number of oxazole rings is 1. The third-order valence-electron chi connectivity index (χ3n) is 2.56. The van der Waals surface area contributed by atoms with E-state index in [2.05, 4.69) is 10.3 Å². The zero-order chi connectivity index (χ0) is 13.1. The summed E-state index contributed by atoms with van der Waals surface area (Å²) in [7, 11) is 1.81. The van der Waals surface area contributed by atoms with Crippen LogP contribution in [0.25, 0.3) is 11.5 Å². The Hall–Kier alpha value is -2.21. The van der Waals surface area contributed by atoms with Gasteiger partial charge in [0.25, 0.3) is 5.69 Å². The molecule has 0 aliphatic heterocycles. The summed E-state index contributed by atoms with van der Waals surface area (Å²) in [6.07, 6.45) is 1.54. The second-order valence-electron chi connectivity index (χ2n) is 3.93. The number of nitrogens with one attached hydrogen (secondary N) is 1. The van der Waals surface area contributed by atoms with Crippen molar-refractivity contribution in [1.82, 2.24) is 10.3 Å². The maximum atomic E-state index is 10.9. The molecule has 6 heteroatoms. The molecule has 1 heterocycles. The Morgan fingerprint density at radius 1 is 1.50 bits per heavy atom. The number of hydrogen-bond acceptors (Lipinski definition) is 5. The minimum absolute atomic E-state index is 0.0702. The number of aryl methyl sites for hydroxylation is 1. The van der Waals surface area contributed by atoms with Gasteiger partial charge in [0, 0.05) is 23.7 Å². The van der Waals surface area contributed by atoms with Gasteiger partial charge < -0.3 is 9.73 Å². The van der Waals surface area contributed by atoms with Crippen LogP contribution >= 0.6 is 0 Å². The Morgan fingerprint density at radius 3 is 2.94 bits per heavy atom. The fourth-order valence-electron chi connectivity index (χ4n) is 1.64. The van der Waals surface area contributed by atoms with Crippen molar-refractivity contribution in [1.29, 1.82) is 0 Å². The molecule has 0 aliphatic carbocycles. The van der Waals surface area contributed by atoms with Crippen molar-refractivity contribution >= 4 is 5.69 Å². The van der Waals surface area contributed by atoms with E-state index in [1.165, 1.54) is 12.3 Å². The molecule has 0 spiro atoms. The van der Waals surface area contributed by atoms with E-state index in [0.717, 1.165) is 5.69 Å². The SMILES string of the molecule is CNCc1coc(-c2ccc(C)c([N+](=O)[O-])c2)n1. The first-order valence-electron chi connectivity index (χ1n) is 5.46. The fourth-order valence-corrected chi connectivity index (χ4v) is 1.64. The summed E-state index contributed by atoms with van der Waals surface area (Å²) < 4.78 is 5.30. The van der Waals surface area contributed by atoms with Crippen LogP contribution < -0.4 is 5.32 Å². The van der Waals surface area contributed by atoms with Crippen LogP contribution in [0.4, 0.5) is 5.69 Å². The molecular weight excluding hydrogens is 234 g/mol. The molecule has 0 radical (unpaired) electrons. The van der Waals surface area contributed by atoms with Crippen LogP contribution in [-0.4, -0.2) is 17.0 Å². The van der Waals surface area contributed by atoms with Crippen molar-refractivity contribution in [3.05, 3.63) is 45.8 Å². The van der Waals surface area contributed by atoms with Gasteiger partial charge in [-0.2, -0.15) is 0 Å². The minimum atomic E-state index is -0.406. The summed E-state index contributed by atoms with van der Waals surface area (Å²) in [4.78, 5) is 14.7. The first kappa shape index (κ1) is 12.3. The lowest BCUT2D eigenvalue weighted by atomic mass is 10.1. The molecule has 0 saturated heterocycles. The van der Waals surface area contributed by atoms with Crippen LogP contribution in [0.5, 0.6) is 0 Å². The number of aromatic nitrogens is 1. The number of hydrogen-bond donors (Lipinski definition) is 1. The molecule has 0 saturated carbocycles. The van der Waals surface area contributed by atoms with E-state index in [0.29, 0.717) is 23.6 Å². The molecule has 1 N–H and O–H groups in total. The predicted molar refractivity (Wildman–Crippen MR) is 66.1 cm³/mol. The van der Waals surface area contributed by atoms with Crippen molar-refractivity contribution in [3.63, 3.8) is 0 Å². The zero-order valence-corrected chi connectivity index (χ0v) is 10.1. The van der Waals surface area contributed by atoms with Crippen LogP contribution in [0, 0.1) is 17.0 Å². The average Bonchev–Trinajstić information content (AvgIpc) is 2.78. The first-order valence-corrected chi connectivity index (χ1v) is 5.46. The van der Waals surface area contributed by atoms with Crippen molar-refractivity contribution in [3.8, 4) is 11.5 Å². The van der Waals surface area contributed by atoms with Crippen LogP contribution in [0.3, 0.4) is 0 Å². The number of nitro benzene ring substituents is 1. The Kier molecular flexibility index (Phi) is 3.38. The molecule has 94 valence electrons. The van der Waals surface area contributed by atoms with Gasteiger partial charge in [0.2, 0.25) is 5.89 Å². The van der Waals surface area contributed by atoms with E-state index in [1.807, 2.05) is 7.05 Å². The molecule has 0 amide bonds. The normalized spacial score (nSPS) is 10.6. The summed E-state index contributed by atoms with van der Waals surface area (Å²) in [5.41, 5.74) is 2.05. The van der Waals surface area contributed by atoms with Gasteiger partial charge in [-0.15, -0.1) is 0 Å². The summed E-state index contributed by atoms with van der Waals surface area (Å²) in [6, 6.07) is 4.93. The Morgan fingerprint density at radius 2 is 2.28 bits per heavy atom. The van der Waals surface area contributed by atoms with Gasteiger partial charge in [-0.05, 0) is 20.0 Å². The minimum Gasteiger partial charge on any atom is -0.444 e. The fraction of sp³-hybridized carbons (Fsp3) is 0.250. The van der Waals surface area contributed by atoms with Gasteiger partial charge in [0.15, 0.2) is 0 Å². The molecule has 6 nitrogen and oxygen atoms in total. The van der Waals surface area contributed by atoms with Crippen molar-refractivity contribution < 1.29 is 9.34 Å². The smallest absolute Gasteiger partial charge is 0.273 e. The number of nitrogens with zero attached hydrogens (tertiary/aromatic N) is 2. The summed E-state index contributed by atoms with van der Waals surface area (Å²) >= 11 is 0. The van der Waals surface area contributed by atoms with Crippen molar-refractivity contribution in [2.75, 3.05) is 7.05 Å². The topological polar surface area (TPSA) is 81.2 Å². The van der Waals surface area contributed by atoms with Crippen LogP contribution in [-0.2, 0) is 6.54 Å². The predicted octanol–water partition coefficient (Wildman–Crippen LogP) is 2.28. The highest BCUT2D eigenvalue weighted by Crippen LogP contribution is 2.26. The first-order chi connectivity index (χ1) is 8.61. The van der Waals surface area contributed by atoms with Crippen LogP contribution in [0.15, 0.2) is 28.9 Å². The summed E-state index contributed by atoms with van der Waals surface area (Å²) in [5, 5.41) is 13.8. The summed E-state index contributed by atoms with van der Waals surface area (Å²) in [5.74, 6) is 0.392. The van der Waals surface area contributed by atoms with Crippen molar-refractivity contribution in [2.24, 2.45) is 0 Å². The third kappa shape index (κ3) is 2.38. The molecule has 0 aliphatic rings. The average molecular weight is 247 g/mol. The molecule has 0 unspecified atom stereocenters. The van der Waals surface area contributed by atoms with E-state index in [-0.39, 0.29) is 5.69 Å². The maximum Gasteiger partial charge on any atom is 0.273 e. The summed E-state index contributed by atoms with van der Waals surface area (Å²) in [6.45, 7) is 2.29. The van der Waals surface area contributed by atoms with Gasteiger partial charge in [-0.1, -0.05) is 6.07 Å². The van der Waals surface area contributed by atoms with Crippen molar-refractivity contribution in [2.45, 2.75) is 13.5 Å². The lowest BCUT2D eigenvalue weighted by molar-refractivity contribution is -0.385. The molecule has 0 fully saturated rings. The van der Waals surface area contributed by atoms with E-state index in [1.54, 1.807) is 19.1 Å². The highest BCUT2D eigenvalue weighted by molar-refractivity contribution is 5.60. The zero-order valence-electron chi connectivity index (χ0n) is 10.1. The quantitative estimate of drug-likeness (QED) is 0.662. The standard InChI is InChI=1S/C12H13N3O3/c1-8-3-4-9(5-11(8)15(16)17)12-14-10(6-13-2)7-18-12/h3-5,7,13H,6H2,1-2H3. The monoisotopic (exact) mass is 247 g/mol. The molecule has 2 rings (SSSR count). The highest BCUT2D eigenvalue weighted by Gasteiger charge is 2.14. The van der Waals surface area contributed by atoms with Crippen LogP contribution in [0.2, 0.25) is 0 Å². The highest BCUT2D eigenvalue weighted by atomic mass is 16.6. The number of rotatable bonds is 4. The van der Waals surface area contributed by atoms with E-state index in [4.69, 9.17) is 4.42 Å². The molecule has 1 aromatic carbocycles. The molecule has 0 atom stereocenters. The molecular formula is C12H13N3O3. The molecule has 0 bridgehead atoms. The Balaban J connectivity index is 2.38. The largest absolute Gasteiger partial charge is 0.444 e. The van der Waals surface area contributed by atoms with Crippen LogP contribution in [0.1, 0.15) is 11.3 Å². The maximum absolute atomic E-state index is 10.9. The van der Waals surface area contributed by atoms with Gasteiger partial charge in [0.1, 0.15) is 6.26 Å². The number of benzene rings is 1. The second-order valence-corrected chi connectivity index (χ2v) is 3.93. The van der Waals surface area contributed by atoms with Gasteiger partial charge in [-0.3, -0.25) is 10.1 Å². The van der Waals surface area contributed by atoms with Gasteiger partial charge in [-0.25, -0.2) is 4.98 Å². The third-order valence-corrected chi connectivity index (χ3v) is 2.56. The Bertz CT molecular complexity index is 578. The van der Waals surface area contributed by atoms with E-state index in [9.17, 15) is 10.1 Å².